The lowest BCUT2D eigenvalue weighted by atomic mass is 10.1. The third kappa shape index (κ3) is 7.13. The smallest absolute Gasteiger partial charge is 0.154 e. The van der Waals surface area contributed by atoms with Crippen molar-refractivity contribution in [1.82, 2.24) is 9.97 Å². The van der Waals surface area contributed by atoms with E-state index in [4.69, 9.17) is 27.3 Å². The first kappa shape index (κ1) is 26.2. The van der Waals surface area contributed by atoms with E-state index >= 15 is 0 Å². The summed E-state index contributed by atoms with van der Waals surface area (Å²) in [6.45, 7) is 5.85. The van der Waals surface area contributed by atoms with Crippen LogP contribution in [0, 0.1) is 13.8 Å². The predicted octanol–water partition coefficient (Wildman–Crippen LogP) is 6.45. The van der Waals surface area contributed by atoms with Crippen LogP contribution in [0.5, 0.6) is 0 Å². The summed E-state index contributed by atoms with van der Waals surface area (Å²) in [4.78, 5) is 9.51. The van der Waals surface area contributed by atoms with E-state index in [-0.39, 0.29) is 24.8 Å². The molecule has 0 saturated heterocycles. The molecule has 0 spiro atoms. The van der Waals surface area contributed by atoms with Gasteiger partial charge in [0.25, 0.3) is 0 Å². The van der Waals surface area contributed by atoms with Crippen molar-refractivity contribution in [3.05, 3.63) is 63.9 Å². The van der Waals surface area contributed by atoms with E-state index in [1.54, 1.807) is 0 Å². The summed E-state index contributed by atoms with van der Waals surface area (Å²) < 4.78 is 0. The second-order valence-electron chi connectivity index (χ2n) is 7.05. The summed E-state index contributed by atoms with van der Waals surface area (Å²) >= 11 is 5.96. The van der Waals surface area contributed by atoms with Gasteiger partial charge in [-0.15, -0.1) is 24.8 Å². The van der Waals surface area contributed by atoms with E-state index in [1.807, 2.05) is 36.4 Å². The van der Waals surface area contributed by atoms with Crippen molar-refractivity contribution in [2.24, 2.45) is 5.73 Å². The zero-order chi connectivity index (χ0) is 19.9. The van der Waals surface area contributed by atoms with E-state index in [1.165, 1.54) is 11.1 Å². The molecule has 4 nitrogen and oxygen atoms in total. The number of hydrogen-bond donors (Lipinski definition) is 2. The van der Waals surface area contributed by atoms with Crippen molar-refractivity contribution in [3.63, 3.8) is 0 Å². The van der Waals surface area contributed by atoms with Gasteiger partial charge in [-0.1, -0.05) is 36.2 Å². The molecule has 0 aliphatic rings. The fraction of sp³-hybridized carbons (Fsp3) is 0.304. The highest BCUT2D eigenvalue weighted by atomic mass is 35.5. The number of benzene rings is 2. The van der Waals surface area contributed by atoms with E-state index < -0.39 is 0 Å². The average Bonchev–Trinajstić information content (AvgIpc) is 2.68. The Kier molecular flexibility index (Phi) is 11.1. The van der Waals surface area contributed by atoms with Crippen molar-refractivity contribution in [3.8, 4) is 0 Å². The summed E-state index contributed by atoms with van der Waals surface area (Å²) in [6, 6.07) is 12.0. The van der Waals surface area contributed by atoms with Crippen molar-refractivity contribution >= 4 is 65.3 Å². The number of nitrogens with one attached hydrogen (secondary N) is 1. The average molecular weight is 468 g/mol. The molecular formula is C23H29Cl3N4. The molecule has 0 atom stereocenters. The number of fused-ring (bicyclic) bond motifs is 1. The fourth-order valence-corrected chi connectivity index (χ4v) is 3.14. The third-order valence-electron chi connectivity index (χ3n) is 4.80. The molecule has 0 amide bonds. The Labute approximate surface area is 196 Å². The van der Waals surface area contributed by atoms with Crippen LogP contribution in [0.15, 0.2) is 36.4 Å². The van der Waals surface area contributed by atoms with Gasteiger partial charge in [0.15, 0.2) is 5.82 Å². The Morgan fingerprint density at radius 1 is 0.933 bits per heavy atom. The number of nitrogens with two attached hydrogens (primary N) is 1. The van der Waals surface area contributed by atoms with Gasteiger partial charge in [0.05, 0.1) is 5.52 Å². The van der Waals surface area contributed by atoms with Gasteiger partial charge in [-0.25, -0.2) is 9.97 Å². The summed E-state index contributed by atoms with van der Waals surface area (Å²) in [6.07, 6.45) is 7.19. The molecule has 0 aliphatic carbocycles. The lowest BCUT2D eigenvalue weighted by molar-refractivity contribution is 0.706. The second kappa shape index (κ2) is 12.8. The van der Waals surface area contributed by atoms with E-state index in [9.17, 15) is 0 Å². The topological polar surface area (TPSA) is 63.8 Å². The number of anilines is 1. The molecule has 2 aromatic carbocycles. The fourth-order valence-electron chi connectivity index (χ4n) is 3.01. The summed E-state index contributed by atoms with van der Waals surface area (Å²) in [7, 11) is 0. The number of nitrogens with zero attached hydrogens (tertiary/aromatic N) is 2. The molecule has 30 heavy (non-hydrogen) atoms. The quantitative estimate of drug-likeness (QED) is 0.373. The highest BCUT2D eigenvalue weighted by Gasteiger charge is 2.08. The largest absolute Gasteiger partial charge is 0.369 e. The Balaban J connectivity index is 0.00000225. The van der Waals surface area contributed by atoms with E-state index in [0.29, 0.717) is 5.82 Å². The number of halogens is 3. The Morgan fingerprint density at radius 2 is 1.63 bits per heavy atom. The summed E-state index contributed by atoms with van der Waals surface area (Å²) in [5, 5.41) is 5.28. The molecule has 7 heteroatoms. The van der Waals surface area contributed by atoms with Crippen molar-refractivity contribution in [2.75, 3.05) is 18.4 Å². The number of rotatable bonds is 8. The highest BCUT2D eigenvalue weighted by Crippen LogP contribution is 2.25. The van der Waals surface area contributed by atoms with Crippen LogP contribution in [0.3, 0.4) is 0 Å². The summed E-state index contributed by atoms with van der Waals surface area (Å²) in [5.41, 5.74) is 10.1. The van der Waals surface area contributed by atoms with Crippen molar-refractivity contribution < 1.29 is 0 Å². The van der Waals surface area contributed by atoms with Crippen LogP contribution < -0.4 is 11.1 Å². The highest BCUT2D eigenvalue weighted by molar-refractivity contribution is 6.30. The number of hydrogen-bond acceptors (Lipinski definition) is 4. The zero-order valence-electron chi connectivity index (χ0n) is 17.3. The SMILES string of the molecule is Cc1cc2nc(C=Cc3ccc(Cl)cc3)nc(NCCCCCN)c2cc1C.Cl.Cl. The minimum atomic E-state index is 0. The Bertz CT molecular complexity index is 972. The van der Waals surface area contributed by atoms with Gasteiger partial charge >= 0.3 is 0 Å². The zero-order valence-corrected chi connectivity index (χ0v) is 19.7. The summed E-state index contributed by atoms with van der Waals surface area (Å²) in [5.74, 6) is 1.58. The normalized spacial score (nSPS) is 10.7. The minimum absolute atomic E-state index is 0. The van der Waals surface area contributed by atoms with Gasteiger partial charge in [0.1, 0.15) is 5.82 Å². The van der Waals surface area contributed by atoms with Gasteiger partial charge in [0.2, 0.25) is 0 Å². The molecule has 3 N–H and O–H groups in total. The monoisotopic (exact) mass is 466 g/mol. The Morgan fingerprint density at radius 3 is 2.33 bits per heavy atom. The lowest BCUT2D eigenvalue weighted by Gasteiger charge is -2.11. The van der Waals surface area contributed by atoms with Crippen molar-refractivity contribution in [2.45, 2.75) is 33.1 Å². The van der Waals surface area contributed by atoms with Gasteiger partial charge in [0, 0.05) is 17.0 Å². The predicted molar refractivity (Wildman–Crippen MR) is 135 cm³/mol. The molecule has 0 unspecified atom stereocenters. The van der Waals surface area contributed by atoms with E-state index in [2.05, 4.69) is 31.3 Å². The lowest BCUT2D eigenvalue weighted by Crippen LogP contribution is -2.07. The molecule has 0 saturated carbocycles. The first-order valence-corrected chi connectivity index (χ1v) is 10.1. The van der Waals surface area contributed by atoms with Crippen LogP contribution in [-0.2, 0) is 0 Å². The van der Waals surface area contributed by atoms with Crippen LogP contribution in [0.25, 0.3) is 23.1 Å². The van der Waals surface area contributed by atoms with Crippen LogP contribution in [0.2, 0.25) is 5.02 Å². The molecule has 3 aromatic rings. The molecule has 0 bridgehead atoms. The van der Waals surface area contributed by atoms with Crippen LogP contribution >= 0.6 is 36.4 Å². The van der Waals surface area contributed by atoms with E-state index in [0.717, 1.165) is 59.7 Å². The molecule has 3 rings (SSSR count). The molecule has 1 heterocycles. The third-order valence-corrected chi connectivity index (χ3v) is 5.05. The maximum absolute atomic E-state index is 5.96. The van der Waals surface area contributed by atoms with Gasteiger partial charge in [-0.2, -0.15) is 0 Å². The Hall–Kier alpha value is -1.85. The molecule has 0 radical (unpaired) electrons. The maximum Gasteiger partial charge on any atom is 0.154 e. The first-order chi connectivity index (χ1) is 13.6. The number of aromatic nitrogens is 2. The maximum atomic E-state index is 5.96. The molecule has 0 fully saturated rings. The second-order valence-corrected chi connectivity index (χ2v) is 7.48. The molecule has 162 valence electrons. The molecular weight excluding hydrogens is 439 g/mol. The number of aryl methyl sites for hydroxylation is 2. The number of unbranched alkanes of at least 4 members (excludes halogenated alkanes) is 2. The van der Waals surface area contributed by atoms with Crippen molar-refractivity contribution in [1.29, 1.82) is 0 Å². The van der Waals surface area contributed by atoms with Gasteiger partial charge < -0.3 is 11.1 Å². The van der Waals surface area contributed by atoms with Crippen LogP contribution in [-0.4, -0.2) is 23.1 Å². The van der Waals surface area contributed by atoms with Crippen LogP contribution in [0.1, 0.15) is 41.8 Å². The van der Waals surface area contributed by atoms with Crippen LogP contribution in [0.4, 0.5) is 5.82 Å². The minimum Gasteiger partial charge on any atom is -0.369 e. The molecule has 0 aliphatic heterocycles. The van der Waals surface area contributed by atoms with Gasteiger partial charge in [-0.05, 0) is 80.3 Å². The first-order valence-electron chi connectivity index (χ1n) is 9.73. The standard InChI is InChI=1S/C23H27ClN4.2ClH/c1-16-14-20-21(15-17(16)2)27-22(11-8-18-6-9-19(24)10-7-18)28-23(20)26-13-5-3-4-12-25;;/h6-11,14-15H,3-5,12-13,25H2,1-2H3,(H,26,27,28);2*1H. The molecule has 1 aromatic heterocycles. The van der Waals surface area contributed by atoms with Gasteiger partial charge in [-0.3, -0.25) is 0 Å².